The molecule has 5 heteroatoms. The molecule has 1 amide bonds. The average Bonchev–Trinajstić information content (AvgIpc) is 2.94. The number of unbranched alkanes of at least 4 members (excludes halogenated alkanes) is 2. The van der Waals surface area contributed by atoms with E-state index in [1.165, 1.54) is 24.1 Å². The second-order valence-electron chi connectivity index (χ2n) is 7.68. The first-order valence-corrected chi connectivity index (χ1v) is 13.0. The van der Waals surface area contributed by atoms with Crippen LogP contribution in [0.1, 0.15) is 78.8 Å². The Balaban J connectivity index is 0.00000154. The van der Waals surface area contributed by atoms with E-state index in [4.69, 9.17) is 9.84 Å². The second kappa shape index (κ2) is 18.7. The zero-order valence-electron chi connectivity index (χ0n) is 22.1. The van der Waals surface area contributed by atoms with Crippen molar-refractivity contribution in [2.24, 2.45) is 0 Å². The molecular formula is C31H41NO4. The summed E-state index contributed by atoms with van der Waals surface area (Å²) < 4.78 is 5.83. The van der Waals surface area contributed by atoms with Crippen molar-refractivity contribution in [2.75, 3.05) is 13.2 Å². The lowest BCUT2D eigenvalue weighted by atomic mass is 10.1. The minimum absolute atomic E-state index is 0.101. The lowest BCUT2D eigenvalue weighted by Gasteiger charge is -2.09. The Bertz CT molecular complexity index is 1000. The van der Waals surface area contributed by atoms with Gasteiger partial charge in [-0.15, -0.1) is 0 Å². The maximum Gasteiger partial charge on any atom is 0.335 e. The van der Waals surface area contributed by atoms with Gasteiger partial charge in [0, 0.05) is 12.1 Å². The minimum Gasteiger partial charge on any atom is -0.494 e. The predicted molar refractivity (Wildman–Crippen MR) is 148 cm³/mol. The van der Waals surface area contributed by atoms with E-state index in [1.807, 2.05) is 58.0 Å². The third-order valence-corrected chi connectivity index (χ3v) is 5.22. The number of carboxylic acid groups (broad SMARTS) is 1. The van der Waals surface area contributed by atoms with Crippen LogP contribution in [0.25, 0.3) is 0 Å². The van der Waals surface area contributed by atoms with Crippen LogP contribution in [-0.4, -0.2) is 30.1 Å². The smallest absolute Gasteiger partial charge is 0.335 e. The highest BCUT2D eigenvalue weighted by Crippen LogP contribution is 2.14. The van der Waals surface area contributed by atoms with Crippen LogP contribution < -0.4 is 10.1 Å². The summed E-state index contributed by atoms with van der Waals surface area (Å²) >= 11 is 0. The number of hydrogen-bond donors (Lipinski definition) is 2. The Morgan fingerprint density at radius 3 is 2.03 bits per heavy atom. The first-order chi connectivity index (χ1) is 17.6. The number of aryl methyl sites for hydroxylation is 1. The van der Waals surface area contributed by atoms with Crippen molar-refractivity contribution in [1.29, 1.82) is 0 Å². The molecule has 0 fully saturated rings. The molecular weight excluding hydrogens is 450 g/mol. The van der Waals surface area contributed by atoms with Crippen LogP contribution in [-0.2, 0) is 12.8 Å². The Hall–Kier alpha value is -3.60. The van der Waals surface area contributed by atoms with Gasteiger partial charge in [0.25, 0.3) is 5.91 Å². The number of benzene rings is 3. The number of carboxylic acids is 1. The molecule has 194 valence electrons. The fraction of sp³-hybridized carbons (Fsp3) is 0.355. The van der Waals surface area contributed by atoms with Crippen molar-refractivity contribution in [1.82, 2.24) is 5.32 Å². The zero-order valence-corrected chi connectivity index (χ0v) is 22.1. The standard InChI is InChI=1S/C27H29NO4.2C2H6/c29-26(23-11-7-12-24(20-23)27(30)31)28-18-17-22-13-15-25(16-14-22)32-19-6-2-5-10-21-8-3-1-4-9-21;2*1-2/h1,3-4,7-9,11-16,20H,2,5-6,10,17-19H2,(H,28,29)(H,30,31);2*1-2H3. The lowest BCUT2D eigenvalue weighted by molar-refractivity contribution is 0.0697. The summed E-state index contributed by atoms with van der Waals surface area (Å²) in [7, 11) is 0. The molecule has 0 spiro atoms. The topological polar surface area (TPSA) is 75.6 Å². The average molecular weight is 492 g/mol. The van der Waals surface area contributed by atoms with Crippen LogP contribution >= 0.6 is 0 Å². The van der Waals surface area contributed by atoms with Crippen LogP contribution in [0.2, 0.25) is 0 Å². The second-order valence-corrected chi connectivity index (χ2v) is 7.68. The fourth-order valence-corrected chi connectivity index (χ4v) is 3.41. The molecule has 0 saturated carbocycles. The van der Waals surface area contributed by atoms with Gasteiger partial charge in [0.1, 0.15) is 5.75 Å². The van der Waals surface area contributed by atoms with Gasteiger partial charge in [0.2, 0.25) is 0 Å². The number of carbonyl (C=O) groups excluding carboxylic acids is 1. The zero-order chi connectivity index (χ0) is 26.6. The van der Waals surface area contributed by atoms with E-state index in [0.29, 0.717) is 25.1 Å². The highest BCUT2D eigenvalue weighted by atomic mass is 16.5. The molecule has 3 rings (SSSR count). The quantitative estimate of drug-likeness (QED) is 0.263. The van der Waals surface area contributed by atoms with Crippen molar-refractivity contribution in [3.05, 3.63) is 101 Å². The van der Waals surface area contributed by atoms with E-state index < -0.39 is 5.97 Å². The number of hydrogen-bond acceptors (Lipinski definition) is 3. The van der Waals surface area contributed by atoms with Crippen LogP contribution in [0, 0.1) is 0 Å². The molecule has 2 N–H and O–H groups in total. The summed E-state index contributed by atoms with van der Waals surface area (Å²) in [4.78, 5) is 23.2. The van der Waals surface area contributed by atoms with E-state index in [-0.39, 0.29) is 11.5 Å². The van der Waals surface area contributed by atoms with E-state index >= 15 is 0 Å². The SMILES string of the molecule is CC.CC.O=C(O)c1cccc(C(=O)NCCc2ccc(OCCCCCc3ccccc3)cc2)c1. The van der Waals surface area contributed by atoms with Crippen molar-refractivity contribution in [2.45, 2.75) is 59.8 Å². The largest absolute Gasteiger partial charge is 0.494 e. The molecule has 36 heavy (non-hydrogen) atoms. The maximum absolute atomic E-state index is 12.2. The maximum atomic E-state index is 12.2. The predicted octanol–water partition coefficient (Wildman–Crippen LogP) is 7.20. The Morgan fingerprint density at radius 2 is 1.36 bits per heavy atom. The molecule has 0 aliphatic carbocycles. The number of amides is 1. The van der Waals surface area contributed by atoms with Crippen molar-refractivity contribution in [3.63, 3.8) is 0 Å². The summed E-state index contributed by atoms with van der Waals surface area (Å²) in [5.74, 6) is -0.471. The molecule has 3 aromatic rings. The summed E-state index contributed by atoms with van der Waals surface area (Å²) in [6.45, 7) is 9.18. The first-order valence-electron chi connectivity index (χ1n) is 13.0. The molecule has 3 aromatic carbocycles. The lowest BCUT2D eigenvalue weighted by Crippen LogP contribution is -2.25. The Labute approximate surface area is 216 Å². The fourth-order valence-electron chi connectivity index (χ4n) is 3.41. The van der Waals surface area contributed by atoms with E-state index in [1.54, 1.807) is 12.1 Å². The molecule has 0 radical (unpaired) electrons. The molecule has 0 bridgehead atoms. The van der Waals surface area contributed by atoms with Gasteiger partial charge in [-0.3, -0.25) is 4.79 Å². The number of carbonyl (C=O) groups is 2. The summed E-state index contributed by atoms with van der Waals surface area (Å²) in [5.41, 5.74) is 2.93. The normalized spacial score (nSPS) is 9.67. The van der Waals surface area contributed by atoms with Crippen molar-refractivity contribution >= 4 is 11.9 Å². The monoisotopic (exact) mass is 491 g/mol. The third-order valence-electron chi connectivity index (χ3n) is 5.22. The van der Waals surface area contributed by atoms with E-state index in [0.717, 1.165) is 30.6 Å². The molecule has 0 aliphatic heterocycles. The number of nitrogens with one attached hydrogen (secondary N) is 1. The van der Waals surface area contributed by atoms with Crippen LogP contribution in [0.3, 0.4) is 0 Å². The van der Waals surface area contributed by atoms with E-state index in [9.17, 15) is 9.59 Å². The number of rotatable bonds is 12. The third kappa shape index (κ3) is 11.7. The van der Waals surface area contributed by atoms with Crippen LogP contribution in [0.4, 0.5) is 0 Å². The van der Waals surface area contributed by atoms with E-state index in [2.05, 4.69) is 29.6 Å². The highest BCUT2D eigenvalue weighted by molar-refractivity contribution is 5.97. The van der Waals surface area contributed by atoms with Gasteiger partial charge in [-0.2, -0.15) is 0 Å². The minimum atomic E-state index is -1.05. The van der Waals surface area contributed by atoms with Gasteiger partial charge in [-0.1, -0.05) is 76.2 Å². The van der Waals surface area contributed by atoms with Crippen molar-refractivity contribution < 1.29 is 19.4 Å². The summed E-state index contributed by atoms with van der Waals surface area (Å²) in [6.07, 6.45) is 5.13. The molecule has 5 nitrogen and oxygen atoms in total. The Morgan fingerprint density at radius 1 is 0.722 bits per heavy atom. The van der Waals surface area contributed by atoms with Crippen LogP contribution in [0.5, 0.6) is 5.75 Å². The molecule has 0 aromatic heterocycles. The van der Waals surface area contributed by atoms with Crippen molar-refractivity contribution in [3.8, 4) is 5.75 Å². The highest BCUT2D eigenvalue weighted by Gasteiger charge is 2.09. The number of ether oxygens (including phenoxy) is 1. The molecule has 0 saturated heterocycles. The molecule has 0 atom stereocenters. The summed E-state index contributed by atoms with van der Waals surface area (Å²) in [6, 6.07) is 24.5. The summed E-state index contributed by atoms with van der Waals surface area (Å²) in [5, 5.41) is 11.9. The first kappa shape index (κ1) is 30.4. The van der Waals surface area contributed by atoms with Gasteiger partial charge in [0.15, 0.2) is 0 Å². The molecule has 0 aliphatic rings. The Kier molecular flexibility index (Phi) is 15.8. The van der Waals surface area contributed by atoms with Gasteiger partial charge in [-0.05, 0) is 73.6 Å². The van der Waals surface area contributed by atoms with Gasteiger partial charge < -0.3 is 15.2 Å². The van der Waals surface area contributed by atoms with Gasteiger partial charge in [0.05, 0.1) is 12.2 Å². The van der Waals surface area contributed by atoms with Gasteiger partial charge >= 0.3 is 5.97 Å². The van der Waals surface area contributed by atoms with Gasteiger partial charge in [-0.25, -0.2) is 4.79 Å². The molecule has 0 heterocycles. The molecule has 0 unspecified atom stereocenters. The van der Waals surface area contributed by atoms with Crippen LogP contribution in [0.15, 0.2) is 78.9 Å². The number of aromatic carboxylic acids is 1.